The summed E-state index contributed by atoms with van der Waals surface area (Å²) in [7, 11) is 0. The number of fused-ring (bicyclic) bond motifs is 3. The molecule has 3 heterocycles. The lowest BCUT2D eigenvalue weighted by Crippen LogP contribution is -2.76. The summed E-state index contributed by atoms with van der Waals surface area (Å²) in [4.78, 5) is 27.4. The summed E-state index contributed by atoms with van der Waals surface area (Å²) in [6.07, 6.45) is 9.29. The molecule has 5 fully saturated rings. The van der Waals surface area contributed by atoms with E-state index in [1.54, 1.807) is 56.3 Å². The van der Waals surface area contributed by atoms with E-state index in [1.165, 1.54) is 6.08 Å². The molecule has 0 radical (unpaired) electrons. The Balaban J connectivity index is 1.40. The van der Waals surface area contributed by atoms with Gasteiger partial charge in [0.15, 0.2) is 17.0 Å². The first-order valence-electron chi connectivity index (χ1n) is 16.3. The number of ketones is 1. The van der Waals surface area contributed by atoms with Crippen molar-refractivity contribution in [3.63, 3.8) is 0 Å². The molecule has 3 N–H and O–H groups in total. The minimum Gasteiger partial charge on any atom is -0.455 e. The number of esters is 1. The first kappa shape index (κ1) is 32.3. The quantitative estimate of drug-likeness (QED) is 0.120. The molecule has 10 heteroatoms. The van der Waals surface area contributed by atoms with Gasteiger partial charge in [-0.3, -0.25) is 4.79 Å². The van der Waals surface area contributed by atoms with E-state index in [0.29, 0.717) is 11.1 Å². The number of aliphatic hydroxyl groups excluding tert-OH is 2. The van der Waals surface area contributed by atoms with Crippen LogP contribution in [0.2, 0.25) is 0 Å². The largest absolute Gasteiger partial charge is 0.455 e. The lowest BCUT2D eigenvalue weighted by molar-refractivity contribution is -0.440. The SMILES string of the molecule is C=C(C)C12OC3(c4ccccc4)OC1C1C4O[C@]4(CO)[C@@H](O)[C@]4(O)C(=O)C(C)=CC4C1(O3)C(C)C2OC(=O)/C=C/C=C/C=C/CCC. The molecule has 10 nitrogen and oxygen atoms in total. The van der Waals surface area contributed by atoms with Crippen LogP contribution < -0.4 is 0 Å². The van der Waals surface area contributed by atoms with Crippen LogP contribution in [0.1, 0.15) is 46.1 Å². The fourth-order valence-corrected chi connectivity index (χ4v) is 9.08. The molecule has 3 bridgehead atoms. The molecule has 3 aliphatic carbocycles. The molecule has 7 rings (SSSR count). The van der Waals surface area contributed by atoms with E-state index in [4.69, 9.17) is 23.7 Å². The zero-order valence-corrected chi connectivity index (χ0v) is 27.0. The van der Waals surface area contributed by atoms with Crippen LogP contribution in [0, 0.1) is 17.8 Å². The molecule has 3 saturated heterocycles. The molecule has 12 atom stereocenters. The van der Waals surface area contributed by atoms with Crippen LogP contribution in [-0.4, -0.2) is 80.5 Å². The second-order valence-electron chi connectivity index (χ2n) is 13.8. The van der Waals surface area contributed by atoms with Crippen molar-refractivity contribution in [2.45, 2.75) is 93.3 Å². The van der Waals surface area contributed by atoms with Gasteiger partial charge in [0.2, 0.25) is 0 Å². The number of carbonyl (C=O) groups is 2. The van der Waals surface area contributed by atoms with E-state index >= 15 is 0 Å². The fourth-order valence-electron chi connectivity index (χ4n) is 9.08. The molecule has 0 amide bonds. The van der Waals surface area contributed by atoms with Crippen LogP contribution in [0.4, 0.5) is 0 Å². The van der Waals surface area contributed by atoms with Crippen molar-refractivity contribution in [1.82, 2.24) is 0 Å². The molecule has 6 aliphatic rings. The Morgan fingerprint density at radius 3 is 2.49 bits per heavy atom. The number of hydrogen-bond donors (Lipinski definition) is 3. The van der Waals surface area contributed by atoms with E-state index in [9.17, 15) is 24.9 Å². The maximum atomic E-state index is 13.8. The Labute approximate surface area is 274 Å². The van der Waals surface area contributed by atoms with Crippen molar-refractivity contribution in [2.75, 3.05) is 6.61 Å². The second-order valence-corrected chi connectivity index (χ2v) is 13.8. The normalized spacial score (nSPS) is 46.0. The Morgan fingerprint density at radius 1 is 1.09 bits per heavy atom. The monoisotopic (exact) mass is 646 g/mol. The van der Waals surface area contributed by atoms with Crippen molar-refractivity contribution in [2.24, 2.45) is 17.8 Å². The lowest BCUT2D eigenvalue weighted by atomic mass is 9.53. The third kappa shape index (κ3) is 4.04. The Kier molecular flexibility index (Phi) is 7.50. The van der Waals surface area contributed by atoms with Crippen molar-refractivity contribution in [3.8, 4) is 0 Å². The van der Waals surface area contributed by atoms with Crippen molar-refractivity contribution >= 4 is 11.8 Å². The van der Waals surface area contributed by atoms with Crippen LogP contribution in [-0.2, 0) is 39.2 Å². The summed E-state index contributed by atoms with van der Waals surface area (Å²) in [5.74, 6) is -5.92. The minimum atomic E-state index is -2.42. The van der Waals surface area contributed by atoms with E-state index in [-0.39, 0.29) is 5.57 Å². The first-order valence-corrected chi connectivity index (χ1v) is 16.3. The zero-order valence-electron chi connectivity index (χ0n) is 27.0. The highest BCUT2D eigenvalue weighted by Gasteiger charge is 2.90. The predicted octanol–water partition coefficient (Wildman–Crippen LogP) is 3.32. The molecule has 0 aromatic heterocycles. The molecule has 250 valence electrons. The van der Waals surface area contributed by atoms with Crippen LogP contribution >= 0.6 is 0 Å². The first-order chi connectivity index (χ1) is 22.4. The van der Waals surface area contributed by atoms with Gasteiger partial charge in [0.25, 0.3) is 0 Å². The summed E-state index contributed by atoms with van der Waals surface area (Å²) in [5.41, 5.74) is -5.90. The molecular formula is C37H42O10. The maximum absolute atomic E-state index is 13.8. The van der Waals surface area contributed by atoms with Gasteiger partial charge in [-0.15, -0.1) is 0 Å². The minimum absolute atomic E-state index is 0.231. The van der Waals surface area contributed by atoms with Gasteiger partial charge in [-0.2, -0.15) is 0 Å². The molecule has 2 saturated carbocycles. The molecule has 3 aliphatic heterocycles. The smallest absolute Gasteiger partial charge is 0.331 e. The summed E-state index contributed by atoms with van der Waals surface area (Å²) in [6, 6.07) is 9.01. The average Bonchev–Trinajstić information content (AvgIpc) is 3.68. The Morgan fingerprint density at radius 2 is 1.81 bits per heavy atom. The highest BCUT2D eigenvalue weighted by Crippen LogP contribution is 2.74. The number of carbonyl (C=O) groups excluding carboxylic acids is 2. The van der Waals surface area contributed by atoms with Gasteiger partial charge >= 0.3 is 11.9 Å². The van der Waals surface area contributed by atoms with Crippen LogP contribution in [0.3, 0.4) is 0 Å². The number of hydrogen-bond acceptors (Lipinski definition) is 10. The van der Waals surface area contributed by atoms with Gasteiger partial charge in [0.05, 0.1) is 12.2 Å². The van der Waals surface area contributed by atoms with E-state index in [2.05, 4.69) is 13.5 Å². The second kappa shape index (κ2) is 10.9. The number of epoxide rings is 1. The summed E-state index contributed by atoms with van der Waals surface area (Å²) in [5, 5.41) is 34.9. The molecule has 9 unspecified atom stereocenters. The standard InChI is InChI=1S/C37H42O10/c1-6-7-8-9-10-11-15-18-26(39)43-29-23(5)36-25-19-22(4)28(40)34(25,42)32(41)33(20-38)30(44-33)27(36)31-35(29,21(2)3)46-37(45-31,47-36)24-16-13-12-14-17-24/h8-19,23,25,27,29-32,38,41-42H,2,6-7,20H2,1,3-5H3/b9-8+,11-10+,18-15+/t23?,25?,27?,29?,30?,31?,32-,33+,34-,35?,36?,37?/m1/s1. The van der Waals surface area contributed by atoms with Gasteiger partial charge in [0, 0.05) is 29.4 Å². The van der Waals surface area contributed by atoms with E-state index in [0.717, 1.165) is 12.8 Å². The number of allylic oxidation sites excluding steroid dienone is 5. The highest BCUT2D eigenvalue weighted by molar-refractivity contribution is 6.05. The van der Waals surface area contributed by atoms with E-state index in [1.807, 2.05) is 31.2 Å². The van der Waals surface area contributed by atoms with Crippen LogP contribution in [0.25, 0.3) is 0 Å². The number of benzene rings is 1. The van der Waals surface area contributed by atoms with Crippen LogP contribution in [0.5, 0.6) is 0 Å². The third-order valence-electron chi connectivity index (χ3n) is 11.3. The number of Topliss-reactive ketones (excluding diaryl/α,β-unsaturated/α-hetero) is 1. The van der Waals surface area contributed by atoms with Crippen molar-refractivity contribution in [3.05, 3.63) is 96.2 Å². The van der Waals surface area contributed by atoms with Gasteiger partial charge in [0.1, 0.15) is 30.0 Å². The van der Waals surface area contributed by atoms with Crippen molar-refractivity contribution in [1.29, 1.82) is 0 Å². The van der Waals surface area contributed by atoms with E-state index < -0.39 is 88.9 Å². The maximum Gasteiger partial charge on any atom is 0.331 e. The van der Waals surface area contributed by atoms with Gasteiger partial charge < -0.3 is 39.0 Å². The zero-order chi connectivity index (χ0) is 33.6. The van der Waals surface area contributed by atoms with Gasteiger partial charge in [-0.05, 0) is 31.4 Å². The number of ether oxygens (including phenoxy) is 5. The fraction of sp³-hybridized carbons (Fsp3) is 0.514. The summed E-state index contributed by atoms with van der Waals surface area (Å²) in [6.45, 7) is 10.9. The molecule has 47 heavy (non-hydrogen) atoms. The number of unbranched alkanes of at least 4 members (excludes halogenated alkanes) is 1. The van der Waals surface area contributed by atoms with Crippen LogP contribution in [0.15, 0.2) is 90.6 Å². The molecule has 1 aromatic rings. The number of rotatable bonds is 9. The Bertz CT molecular complexity index is 1610. The topological polar surface area (TPSA) is 144 Å². The predicted molar refractivity (Wildman–Crippen MR) is 168 cm³/mol. The highest BCUT2D eigenvalue weighted by atomic mass is 16.9. The molecule has 0 spiro atoms. The molecular weight excluding hydrogens is 604 g/mol. The lowest BCUT2D eigenvalue weighted by Gasteiger charge is -2.61. The van der Waals surface area contributed by atoms with Crippen molar-refractivity contribution < 1.29 is 48.6 Å². The van der Waals surface area contributed by atoms with Gasteiger partial charge in [-0.1, -0.05) is 93.6 Å². The number of aliphatic hydroxyl groups is 3. The third-order valence-corrected chi connectivity index (χ3v) is 11.3. The molecule has 1 aromatic carbocycles. The van der Waals surface area contributed by atoms with Gasteiger partial charge in [-0.25, -0.2) is 4.79 Å². The average molecular weight is 647 g/mol. The summed E-state index contributed by atoms with van der Waals surface area (Å²) < 4.78 is 33.3. The Hall–Kier alpha value is -3.22. The summed E-state index contributed by atoms with van der Waals surface area (Å²) >= 11 is 0.